The Hall–Kier alpha value is -4.19. The van der Waals surface area contributed by atoms with E-state index < -0.39 is 17.3 Å². The van der Waals surface area contributed by atoms with E-state index in [9.17, 15) is 23.2 Å². The second-order valence-electron chi connectivity index (χ2n) is 6.60. The Bertz CT molecular complexity index is 1400. The molecule has 154 valence electrons. The van der Waals surface area contributed by atoms with Gasteiger partial charge in [0.2, 0.25) is 11.4 Å². The average Bonchev–Trinajstić information content (AvgIpc) is 2.77. The Morgan fingerprint density at radius 2 is 1.87 bits per heavy atom. The predicted octanol–water partition coefficient (Wildman–Crippen LogP) is 4.55. The van der Waals surface area contributed by atoms with Crippen LogP contribution in [0, 0.1) is 11.3 Å². The number of methoxy groups -OCH3 is 1. The summed E-state index contributed by atoms with van der Waals surface area (Å²) in [5, 5.41) is 9.90. The van der Waals surface area contributed by atoms with Crippen LogP contribution in [0.5, 0.6) is 5.88 Å². The summed E-state index contributed by atoms with van der Waals surface area (Å²) in [6, 6.07) is 12.9. The summed E-state index contributed by atoms with van der Waals surface area (Å²) >= 11 is 0. The maximum atomic E-state index is 13.2. The molecule has 31 heavy (non-hydrogen) atoms. The van der Waals surface area contributed by atoms with E-state index in [4.69, 9.17) is 4.74 Å². The molecule has 0 atom stereocenters. The molecule has 4 aromatic rings. The van der Waals surface area contributed by atoms with E-state index in [0.717, 1.165) is 12.1 Å². The minimum absolute atomic E-state index is 0.269. The van der Waals surface area contributed by atoms with Crippen LogP contribution in [0.15, 0.2) is 59.5 Å². The molecule has 3 heterocycles. The third kappa shape index (κ3) is 3.83. The van der Waals surface area contributed by atoms with Crippen molar-refractivity contribution in [1.29, 1.82) is 5.26 Å². The van der Waals surface area contributed by atoms with Gasteiger partial charge in [-0.1, -0.05) is 6.07 Å². The summed E-state index contributed by atoms with van der Waals surface area (Å²) in [7, 11) is 1.46. The molecular weight excluding hydrogens is 409 g/mol. The van der Waals surface area contributed by atoms with Crippen molar-refractivity contribution >= 4 is 11.0 Å². The molecule has 0 bridgehead atoms. The maximum absolute atomic E-state index is 13.2. The smallest absolute Gasteiger partial charge is 0.417 e. The van der Waals surface area contributed by atoms with E-state index >= 15 is 0 Å². The Labute approximate surface area is 173 Å². The quantitative estimate of drug-likeness (QED) is 0.523. The SMILES string of the molecule is COc1cc(-c2cc3ccc(=O)[nH]c3nc2-c2ccc(C(F)(F)F)c(C#N)c2)ccn1. The van der Waals surface area contributed by atoms with Crippen LogP contribution in [0.25, 0.3) is 33.4 Å². The first-order chi connectivity index (χ1) is 14.8. The lowest BCUT2D eigenvalue weighted by molar-refractivity contribution is -0.137. The van der Waals surface area contributed by atoms with Crippen LogP contribution in [-0.4, -0.2) is 22.1 Å². The molecule has 0 amide bonds. The third-order valence-electron chi connectivity index (χ3n) is 4.68. The van der Waals surface area contributed by atoms with Gasteiger partial charge >= 0.3 is 6.18 Å². The number of pyridine rings is 3. The number of halogens is 3. The molecule has 1 N–H and O–H groups in total. The number of nitriles is 1. The predicted molar refractivity (Wildman–Crippen MR) is 107 cm³/mol. The molecule has 0 fully saturated rings. The first-order valence-electron chi connectivity index (χ1n) is 8.96. The fourth-order valence-corrected chi connectivity index (χ4v) is 3.24. The Morgan fingerprint density at radius 1 is 1.06 bits per heavy atom. The molecule has 3 aromatic heterocycles. The first-order valence-corrected chi connectivity index (χ1v) is 8.96. The molecule has 0 aliphatic rings. The molecule has 1 aromatic carbocycles. The molecule has 0 saturated carbocycles. The van der Waals surface area contributed by atoms with E-state index in [1.54, 1.807) is 30.3 Å². The van der Waals surface area contributed by atoms with Crippen LogP contribution in [0.2, 0.25) is 0 Å². The topological polar surface area (TPSA) is 91.7 Å². The van der Waals surface area contributed by atoms with Crippen LogP contribution in [0.4, 0.5) is 13.2 Å². The average molecular weight is 422 g/mol. The van der Waals surface area contributed by atoms with Crippen molar-refractivity contribution < 1.29 is 17.9 Å². The van der Waals surface area contributed by atoms with Gasteiger partial charge in [0.1, 0.15) is 5.65 Å². The fraction of sp³-hybridized carbons (Fsp3) is 0.0909. The zero-order valence-corrected chi connectivity index (χ0v) is 16.0. The minimum atomic E-state index is -4.66. The number of aromatic nitrogens is 3. The zero-order valence-electron chi connectivity index (χ0n) is 16.0. The molecule has 0 aliphatic heterocycles. The van der Waals surface area contributed by atoms with Crippen molar-refractivity contribution in [3.63, 3.8) is 0 Å². The Morgan fingerprint density at radius 3 is 2.58 bits per heavy atom. The lowest BCUT2D eigenvalue weighted by Crippen LogP contribution is -2.08. The number of aromatic amines is 1. The van der Waals surface area contributed by atoms with Crippen LogP contribution in [0.3, 0.4) is 0 Å². The molecule has 6 nitrogen and oxygen atoms in total. The zero-order chi connectivity index (χ0) is 22.2. The van der Waals surface area contributed by atoms with Gasteiger partial charge in [0.15, 0.2) is 0 Å². The second kappa shape index (κ2) is 7.57. The molecular formula is C22H13F3N4O2. The molecule has 4 rings (SSSR count). The van der Waals surface area contributed by atoms with Gasteiger partial charge in [0.25, 0.3) is 0 Å². The number of fused-ring (bicyclic) bond motifs is 1. The number of nitrogens with one attached hydrogen (secondary N) is 1. The Balaban J connectivity index is 2.02. The summed E-state index contributed by atoms with van der Waals surface area (Å²) in [5.41, 5.74) is 0.173. The fourth-order valence-electron chi connectivity index (χ4n) is 3.24. The highest BCUT2D eigenvalue weighted by molar-refractivity contribution is 5.90. The van der Waals surface area contributed by atoms with Gasteiger partial charge in [-0.15, -0.1) is 0 Å². The van der Waals surface area contributed by atoms with E-state index in [1.807, 2.05) is 0 Å². The van der Waals surface area contributed by atoms with Crippen molar-refractivity contribution in [2.24, 2.45) is 0 Å². The van der Waals surface area contributed by atoms with Crippen molar-refractivity contribution in [3.8, 4) is 34.3 Å². The van der Waals surface area contributed by atoms with Gasteiger partial charge in [-0.2, -0.15) is 18.4 Å². The number of nitrogens with zero attached hydrogens (tertiary/aromatic N) is 3. The summed E-state index contributed by atoms with van der Waals surface area (Å²) < 4.78 is 44.8. The number of alkyl halides is 3. The standard InChI is InChI=1S/C22H13F3N4O2/c1-31-19-10-12(6-7-27-19)16-9-14-3-5-18(30)28-21(14)29-20(16)13-2-4-17(22(23,24)25)15(8-13)11-26/h2-10H,1H3,(H,28,29,30). The van der Waals surface area contributed by atoms with Gasteiger partial charge in [-0.05, 0) is 35.9 Å². The van der Waals surface area contributed by atoms with Crippen LogP contribution < -0.4 is 10.3 Å². The molecule has 0 radical (unpaired) electrons. The molecule has 0 spiro atoms. The van der Waals surface area contributed by atoms with Crippen LogP contribution in [-0.2, 0) is 6.18 Å². The van der Waals surface area contributed by atoms with Crippen LogP contribution >= 0.6 is 0 Å². The second-order valence-corrected chi connectivity index (χ2v) is 6.60. The largest absolute Gasteiger partial charge is 0.481 e. The number of hydrogen-bond acceptors (Lipinski definition) is 5. The monoisotopic (exact) mass is 422 g/mol. The summed E-state index contributed by atoms with van der Waals surface area (Å²) in [4.78, 5) is 22.9. The highest BCUT2D eigenvalue weighted by atomic mass is 19.4. The molecule has 0 saturated heterocycles. The lowest BCUT2D eigenvalue weighted by Gasteiger charge is -2.14. The van der Waals surface area contributed by atoms with Crippen LogP contribution in [0.1, 0.15) is 11.1 Å². The van der Waals surface area contributed by atoms with Gasteiger partial charge in [-0.3, -0.25) is 4.79 Å². The van der Waals surface area contributed by atoms with E-state index in [2.05, 4.69) is 15.0 Å². The van der Waals surface area contributed by atoms with Crippen molar-refractivity contribution in [2.75, 3.05) is 7.11 Å². The number of ether oxygens (including phenoxy) is 1. The highest BCUT2D eigenvalue weighted by Crippen LogP contribution is 2.37. The minimum Gasteiger partial charge on any atom is -0.481 e. The van der Waals surface area contributed by atoms with Crippen molar-refractivity contribution in [1.82, 2.24) is 15.0 Å². The Kier molecular flexibility index (Phi) is 4.91. The van der Waals surface area contributed by atoms with Gasteiger partial charge < -0.3 is 9.72 Å². The van der Waals surface area contributed by atoms with Gasteiger partial charge in [0, 0.05) is 34.8 Å². The number of H-pyrrole nitrogens is 1. The maximum Gasteiger partial charge on any atom is 0.417 e. The number of benzene rings is 1. The normalized spacial score (nSPS) is 11.3. The van der Waals surface area contributed by atoms with E-state index in [-0.39, 0.29) is 11.2 Å². The molecule has 9 heteroatoms. The van der Waals surface area contributed by atoms with Crippen molar-refractivity contribution in [2.45, 2.75) is 6.18 Å². The summed E-state index contributed by atoms with van der Waals surface area (Å²) in [5.74, 6) is 0.343. The summed E-state index contributed by atoms with van der Waals surface area (Å²) in [6.07, 6.45) is -3.13. The van der Waals surface area contributed by atoms with E-state index in [0.29, 0.717) is 33.7 Å². The lowest BCUT2D eigenvalue weighted by atomic mass is 9.96. The number of rotatable bonds is 3. The van der Waals surface area contributed by atoms with Gasteiger partial charge in [0.05, 0.1) is 30.0 Å². The number of hydrogen-bond donors (Lipinski definition) is 1. The third-order valence-corrected chi connectivity index (χ3v) is 4.68. The molecule has 0 unspecified atom stereocenters. The highest BCUT2D eigenvalue weighted by Gasteiger charge is 2.33. The van der Waals surface area contributed by atoms with Gasteiger partial charge in [-0.25, -0.2) is 9.97 Å². The molecule has 0 aliphatic carbocycles. The first kappa shape index (κ1) is 20.1. The van der Waals surface area contributed by atoms with Crippen molar-refractivity contribution in [3.05, 3.63) is 76.2 Å². The summed E-state index contributed by atoms with van der Waals surface area (Å²) in [6.45, 7) is 0. The van der Waals surface area contributed by atoms with E-state index in [1.165, 1.54) is 25.4 Å².